The highest BCUT2D eigenvalue weighted by Crippen LogP contribution is 2.18. The first-order valence-electron chi connectivity index (χ1n) is 7.20. The summed E-state index contributed by atoms with van der Waals surface area (Å²) in [7, 11) is 1.56. The average molecular weight is 347 g/mol. The van der Waals surface area contributed by atoms with Crippen molar-refractivity contribution in [2.45, 2.75) is 13.0 Å². The second-order valence-electron chi connectivity index (χ2n) is 5.06. The lowest BCUT2D eigenvalue weighted by Gasteiger charge is -2.14. The summed E-state index contributed by atoms with van der Waals surface area (Å²) in [6, 6.07) is 12.2. The quantitative estimate of drug-likeness (QED) is 0.768. The summed E-state index contributed by atoms with van der Waals surface area (Å²) in [4.78, 5) is 19.0. The molecule has 24 heavy (non-hydrogen) atoms. The second-order valence-corrected chi connectivity index (χ2v) is 5.50. The first kappa shape index (κ1) is 16.1. The molecule has 1 aromatic heterocycles. The first-order chi connectivity index (χ1) is 11.6. The van der Waals surface area contributed by atoms with Gasteiger partial charge in [-0.05, 0) is 42.5 Å². The van der Waals surface area contributed by atoms with Crippen LogP contribution in [-0.4, -0.2) is 34.3 Å². The predicted octanol–water partition coefficient (Wildman–Crippen LogP) is 2.55. The minimum Gasteiger partial charge on any atom is -0.497 e. The molecule has 1 N–H and O–H groups in total. The summed E-state index contributed by atoms with van der Waals surface area (Å²) in [5.41, 5.74) is 1.82. The van der Waals surface area contributed by atoms with E-state index in [9.17, 15) is 4.79 Å². The Balaban J connectivity index is 1.72. The number of rotatable bonds is 5. The molecule has 0 radical (unpaired) electrons. The summed E-state index contributed by atoms with van der Waals surface area (Å²) in [6.07, 6.45) is -0.792. The van der Waals surface area contributed by atoms with E-state index in [1.165, 1.54) is 4.85 Å². The molecular formula is C16H15ClN4O3. The maximum absolute atomic E-state index is 12.3. The fourth-order valence-electron chi connectivity index (χ4n) is 2.09. The van der Waals surface area contributed by atoms with E-state index in [2.05, 4.69) is 15.6 Å². The van der Waals surface area contributed by atoms with Crippen molar-refractivity contribution in [1.82, 2.24) is 15.2 Å². The van der Waals surface area contributed by atoms with Gasteiger partial charge in [-0.25, -0.2) is 0 Å². The number of anilines is 1. The third-order valence-electron chi connectivity index (χ3n) is 3.34. The smallest absolute Gasteiger partial charge is 0.267 e. The number of nitrogens with zero attached hydrogens (tertiary/aromatic N) is 3. The van der Waals surface area contributed by atoms with Crippen LogP contribution in [0.2, 0.25) is 5.02 Å². The van der Waals surface area contributed by atoms with E-state index in [-0.39, 0.29) is 5.91 Å². The molecule has 1 amide bonds. The molecule has 0 saturated heterocycles. The Morgan fingerprint density at radius 3 is 2.92 bits per heavy atom. The molecule has 0 unspecified atom stereocenters. The topological polar surface area (TPSA) is 78.3 Å². The fourth-order valence-corrected chi connectivity index (χ4v) is 2.26. The molecule has 8 heteroatoms. The molecule has 0 aliphatic heterocycles. The normalized spacial score (nSPS) is 12.0. The molecule has 0 spiro atoms. The molecule has 7 nitrogen and oxygen atoms in total. The summed E-state index contributed by atoms with van der Waals surface area (Å²) < 4.78 is 5.12. The Morgan fingerprint density at radius 1 is 1.29 bits per heavy atom. The van der Waals surface area contributed by atoms with E-state index in [1.807, 2.05) is 0 Å². The van der Waals surface area contributed by atoms with Gasteiger partial charge in [0.1, 0.15) is 16.8 Å². The van der Waals surface area contributed by atoms with Crippen LogP contribution in [0.25, 0.3) is 11.0 Å². The third kappa shape index (κ3) is 3.41. The van der Waals surface area contributed by atoms with Crippen LogP contribution in [0.3, 0.4) is 0 Å². The summed E-state index contributed by atoms with van der Waals surface area (Å²) in [5, 5.41) is 11.1. The molecule has 0 aliphatic rings. The minimum absolute atomic E-state index is 0.325. The standard InChI is InChI=1S/C16H15ClN4O3/c1-10(16(22)18-12-4-3-5-13(9-12)23-2)24-21-15-8-11(17)6-7-14(15)19-20-21/h3-10H,1-2H3,(H,18,22)/t10-/m1/s1. The van der Waals surface area contributed by atoms with Crippen LogP contribution in [0.15, 0.2) is 42.5 Å². The van der Waals surface area contributed by atoms with Crippen molar-refractivity contribution in [2.24, 2.45) is 0 Å². The van der Waals surface area contributed by atoms with E-state index in [4.69, 9.17) is 21.2 Å². The number of halogens is 1. The van der Waals surface area contributed by atoms with Crippen LogP contribution in [0.1, 0.15) is 6.92 Å². The van der Waals surface area contributed by atoms with Gasteiger partial charge in [0.15, 0.2) is 0 Å². The second kappa shape index (κ2) is 6.76. The van der Waals surface area contributed by atoms with Crippen molar-refractivity contribution in [3.63, 3.8) is 0 Å². The number of benzene rings is 2. The SMILES string of the molecule is COc1cccc(NC(=O)[C@@H](C)On2nnc3ccc(Cl)cc32)c1. The Labute approximate surface area is 143 Å². The molecule has 124 valence electrons. The van der Waals surface area contributed by atoms with Crippen molar-refractivity contribution in [2.75, 3.05) is 12.4 Å². The Morgan fingerprint density at radius 2 is 2.12 bits per heavy atom. The average Bonchev–Trinajstić information content (AvgIpc) is 2.97. The van der Waals surface area contributed by atoms with Gasteiger partial charge in [0, 0.05) is 16.8 Å². The fraction of sp³-hybridized carbons (Fsp3) is 0.188. The molecule has 1 heterocycles. The van der Waals surface area contributed by atoms with Gasteiger partial charge in [-0.2, -0.15) is 0 Å². The van der Waals surface area contributed by atoms with Crippen molar-refractivity contribution < 1.29 is 14.4 Å². The summed E-state index contributed by atoms with van der Waals surface area (Å²) in [5.74, 6) is 0.326. The number of ether oxygens (including phenoxy) is 1. The zero-order chi connectivity index (χ0) is 17.1. The largest absolute Gasteiger partial charge is 0.497 e. The number of hydrogen-bond acceptors (Lipinski definition) is 5. The molecule has 0 bridgehead atoms. The van der Waals surface area contributed by atoms with Gasteiger partial charge in [0.25, 0.3) is 5.91 Å². The summed E-state index contributed by atoms with van der Waals surface area (Å²) in [6.45, 7) is 1.62. The molecule has 3 aromatic rings. The number of aromatic nitrogens is 3. The number of carbonyl (C=O) groups is 1. The highest BCUT2D eigenvalue weighted by molar-refractivity contribution is 6.31. The van der Waals surface area contributed by atoms with Crippen LogP contribution >= 0.6 is 11.6 Å². The van der Waals surface area contributed by atoms with Crippen LogP contribution in [0.4, 0.5) is 5.69 Å². The monoisotopic (exact) mass is 346 g/mol. The number of nitrogens with one attached hydrogen (secondary N) is 1. The highest BCUT2D eigenvalue weighted by Gasteiger charge is 2.18. The van der Waals surface area contributed by atoms with Gasteiger partial charge in [0.05, 0.1) is 7.11 Å². The van der Waals surface area contributed by atoms with Gasteiger partial charge < -0.3 is 14.9 Å². The predicted molar refractivity (Wildman–Crippen MR) is 90.2 cm³/mol. The molecule has 0 fully saturated rings. The maximum atomic E-state index is 12.3. The molecule has 0 aliphatic carbocycles. The molecule has 1 atom stereocenters. The van der Waals surface area contributed by atoms with Crippen molar-refractivity contribution in [3.05, 3.63) is 47.5 Å². The lowest BCUT2D eigenvalue weighted by molar-refractivity contribution is -0.127. The number of methoxy groups -OCH3 is 1. The van der Waals surface area contributed by atoms with Gasteiger partial charge in [-0.3, -0.25) is 4.79 Å². The van der Waals surface area contributed by atoms with Crippen LogP contribution in [0.5, 0.6) is 5.75 Å². The van der Waals surface area contributed by atoms with E-state index in [0.29, 0.717) is 27.5 Å². The molecule has 0 saturated carbocycles. The van der Waals surface area contributed by atoms with Gasteiger partial charge in [-0.15, -0.1) is 5.10 Å². The Bertz CT molecular complexity index is 881. The maximum Gasteiger partial charge on any atom is 0.267 e. The minimum atomic E-state index is -0.792. The molecule has 3 rings (SSSR count). The zero-order valence-corrected chi connectivity index (χ0v) is 13.8. The summed E-state index contributed by atoms with van der Waals surface area (Å²) >= 11 is 5.97. The zero-order valence-electron chi connectivity index (χ0n) is 13.1. The lowest BCUT2D eigenvalue weighted by Crippen LogP contribution is -2.35. The van der Waals surface area contributed by atoms with Crippen molar-refractivity contribution in [1.29, 1.82) is 0 Å². The highest BCUT2D eigenvalue weighted by atomic mass is 35.5. The van der Waals surface area contributed by atoms with Crippen molar-refractivity contribution in [3.8, 4) is 5.75 Å². The lowest BCUT2D eigenvalue weighted by atomic mass is 10.3. The van der Waals surface area contributed by atoms with Gasteiger partial charge in [-0.1, -0.05) is 22.5 Å². The van der Waals surface area contributed by atoms with Crippen molar-refractivity contribution >= 4 is 34.2 Å². The number of carbonyl (C=O) groups excluding carboxylic acids is 1. The molecular weight excluding hydrogens is 332 g/mol. The third-order valence-corrected chi connectivity index (χ3v) is 3.58. The van der Waals surface area contributed by atoms with E-state index < -0.39 is 6.10 Å². The van der Waals surface area contributed by atoms with E-state index in [1.54, 1.807) is 56.5 Å². The number of hydrogen-bond donors (Lipinski definition) is 1. The Kier molecular flexibility index (Phi) is 4.52. The van der Waals surface area contributed by atoms with Crippen LogP contribution in [0, 0.1) is 0 Å². The molecule has 2 aromatic carbocycles. The van der Waals surface area contributed by atoms with Gasteiger partial charge >= 0.3 is 0 Å². The number of amides is 1. The van der Waals surface area contributed by atoms with E-state index in [0.717, 1.165) is 0 Å². The van der Waals surface area contributed by atoms with Gasteiger partial charge in [0.2, 0.25) is 6.10 Å². The van der Waals surface area contributed by atoms with Crippen LogP contribution < -0.4 is 14.9 Å². The first-order valence-corrected chi connectivity index (χ1v) is 7.57. The number of fused-ring (bicyclic) bond motifs is 1. The van der Waals surface area contributed by atoms with E-state index >= 15 is 0 Å². The van der Waals surface area contributed by atoms with Crippen LogP contribution in [-0.2, 0) is 4.79 Å². The Hall–Kier alpha value is -2.80.